The SMILES string of the molecule is COc1ccc(C)cc1N1CC[N+]2=C1N=C1C2C(=O)N(CCN2CCCCC2)C(=O)N1C. The summed E-state index contributed by atoms with van der Waals surface area (Å²) in [6.07, 6.45) is 3.63. The van der Waals surface area contributed by atoms with Crippen LogP contribution in [0.4, 0.5) is 10.5 Å². The molecule has 1 aromatic carbocycles. The molecule has 0 radical (unpaired) electrons. The molecule has 170 valence electrons. The number of nitrogens with zero attached hydrogens (tertiary/aromatic N) is 6. The topological polar surface area (TPSA) is 71.7 Å². The highest BCUT2D eigenvalue weighted by atomic mass is 16.5. The van der Waals surface area contributed by atoms with Gasteiger partial charge in [0.2, 0.25) is 11.9 Å². The number of aryl methyl sites for hydroxylation is 1. The number of carbonyl (C=O) groups excluding carboxylic acids is 2. The first kappa shape index (κ1) is 20.9. The van der Waals surface area contributed by atoms with Crippen molar-refractivity contribution >= 4 is 29.4 Å². The number of benzene rings is 1. The quantitative estimate of drug-likeness (QED) is 0.648. The van der Waals surface area contributed by atoms with Crippen molar-refractivity contribution in [1.29, 1.82) is 0 Å². The van der Waals surface area contributed by atoms with Crippen LogP contribution in [0.1, 0.15) is 24.8 Å². The Labute approximate surface area is 188 Å². The lowest BCUT2D eigenvalue weighted by atomic mass is 10.1. The summed E-state index contributed by atoms with van der Waals surface area (Å²) >= 11 is 0. The number of anilines is 1. The molecule has 0 aromatic heterocycles. The number of piperidine rings is 1. The molecule has 5 rings (SSSR count). The highest BCUT2D eigenvalue weighted by Gasteiger charge is 2.55. The maximum Gasteiger partial charge on any atom is 0.397 e. The second kappa shape index (κ2) is 8.20. The zero-order valence-corrected chi connectivity index (χ0v) is 19.1. The Morgan fingerprint density at radius 3 is 2.66 bits per heavy atom. The lowest BCUT2D eigenvalue weighted by molar-refractivity contribution is -0.525. The first-order valence-electron chi connectivity index (χ1n) is 11.5. The number of fused-ring (bicyclic) bond motifs is 2. The van der Waals surface area contributed by atoms with E-state index in [4.69, 9.17) is 9.73 Å². The van der Waals surface area contributed by atoms with E-state index in [0.717, 1.165) is 36.6 Å². The van der Waals surface area contributed by atoms with Gasteiger partial charge in [-0.2, -0.15) is 0 Å². The average Bonchev–Trinajstić information content (AvgIpc) is 3.38. The molecule has 2 saturated heterocycles. The van der Waals surface area contributed by atoms with Gasteiger partial charge in [-0.1, -0.05) is 17.5 Å². The molecule has 1 aromatic rings. The standard InChI is InChI=1S/C23H31N6O3/c1-16-7-8-18(32-3)17(15-16)27-13-14-28-19-20(24-22(27)28)25(2)23(31)29(21(19)30)12-11-26-9-5-4-6-10-26/h7-8,15,19H,4-6,9-14H2,1-3H3/q+1. The minimum Gasteiger partial charge on any atom is -0.493 e. The summed E-state index contributed by atoms with van der Waals surface area (Å²) < 4.78 is 7.60. The lowest BCUT2D eigenvalue weighted by Gasteiger charge is -2.35. The minimum absolute atomic E-state index is 0.170. The Balaban J connectivity index is 1.42. The molecule has 4 aliphatic heterocycles. The molecule has 4 heterocycles. The summed E-state index contributed by atoms with van der Waals surface area (Å²) in [5, 5.41) is 0. The molecular formula is C23H31N6O3+. The van der Waals surface area contributed by atoms with Gasteiger partial charge in [-0.3, -0.25) is 14.6 Å². The van der Waals surface area contributed by atoms with Crippen molar-refractivity contribution in [3.63, 3.8) is 0 Å². The number of amides is 3. The van der Waals surface area contributed by atoms with Crippen molar-refractivity contribution in [2.24, 2.45) is 4.99 Å². The van der Waals surface area contributed by atoms with Crippen molar-refractivity contribution in [2.45, 2.75) is 32.2 Å². The average molecular weight is 440 g/mol. The Hall–Kier alpha value is -2.94. The van der Waals surface area contributed by atoms with Crippen LogP contribution in [0.5, 0.6) is 5.75 Å². The maximum absolute atomic E-state index is 13.5. The molecule has 0 bridgehead atoms. The van der Waals surface area contributed by atoms with E-state index >= 15 is 0 Å². The number of likely N-dealkylation sites (N-methyl/N-ethyl adjacent to an activating group) is 1. The molecule has 1 atom stereocenters. The number of hydrogen-bond donors (Lipinski definition) is 0. The van der Waals surface area contributed by atoms with E-state index in [0.29, 0.717) is 31.4 Å². The van der Waals surface area contributed by atoms with Crippen LogP contribution in [0.2, 0.25) is 0 Å². The highest BCUT2D eigenvalue weighted by Crippen LogP contribution is 2.33. The molecule has 9 nitrogen and oxygen atoms in total. The lowest BCUT2D eigenvalue weighted by Crippen LogP contribution is -2.63. The van der Waals surface area contributed by atoms with Crippen molar-refractivity contribution in [1.82, 2.24) is 14.7 Å². The second-order valence-electron chi connectivity index (χ2n) is 8.93. The fraction of sp³-hybridized carbons (Fsp3) is 0.565. The van der Waals surface area contributed by atoms with E-state index in [-0.39, 0.29) is 11.9 Å². The van der Waals surface area contributed by atoms with Gasteiger partial charge >= 0.3 is 12.0 Å². The molecule has 9 heteroatoms. The second-order valence-corrected chi connectivity index (χ2v) is 8.93. The predicted molar refractivity (Wildman–Crippen MR) is 122 cm³/mol. The van der Waals surface area contributed by atoms with E-state index < -0.39 is 6.04 Å². The van der Waals surface area contributed by atoms with Crippen LogP contribution < -0.4 is 9.64 Å². The number of rotatable bonds is 5. The van der Waals surface area contributed by atoms with Crippen LogP contribution in [0.3, 0.4) is 0 Å². The van der Waals surface area contributed by atoms with Gasteiger partial charge in [-0.15, -0.1) is 0 Å². The smallest absolute Gasteiger partial charge is 0.397 e. The number of urea groups is 1. The minimum atomic E-state index is -0.546. The Morgan fingerprint density at radius 1 is 1.12 bits per heavy atom. The zero-order valence-electron chi connectivity index (χ0n) is 19.1. The number of guanidine groups is 1. The van der Waals surface area contributed by atoms with Gasteiger partial charge in [-0.25, -0.2) is 14.3 Å². The molecule has 1 unspecified atom stereocenters. The van der Waals surface area contributed by atoms with Crippen LogP contribution in [-0.2, 0) is 4.79 Å². The third-order valence-electron chi connectivity index (χ3n) is 6.91. The van der Waals surface area contributed by atoms with E-state index in [1.807, 2.05) is 23.6 Å². The van der Waals surface area contributed by atoms with Crippen molar-refractivity contribution in [2.75, 3.05) is 58.3 Å². The molecule has 0 aliphatic carbocycles. The molecule has 3 amide bonds. The first-order chi connectivity index (χ1) is 15.5. The number of methoxy groups -OCH3 is 1. The molecule has 0 N–H and O–H groups in total. The Morgan fingerprint density at radius 2 is 1.91 bits per heavy atom. The molecule has 2 fully saturated rings. The van der Waals surface area contributed by atoms with Crippen molar-refractivity contribution in [3.8, 4) is 5.75 Å². The number of likely N-dealkylation sites (tertiary alicyclic amines) is 1. The number of aliphatic imine (C=N–C) groups is 1. The van der Waals surface area contributed by atoms with Crippen molar-refractivity contribution in [3.05, 3.63) is 23.8 Å². The third-order valence-corrected chi connectivity index (χ3v) is 6.91. The van der Waals surface area contributed by atoms with Gasteiger partial charge < -0.3 is 9.64 Å². The molecule has 32 heavy (non-hydrogen) atoms. The van der Waals surface area contributed by atoms with Crippen LogP contribution >= 0.6 is 0 Å². The summed E-state index contributed by atoms with van der Waals surface area (Å²) in [7, 11) is 3.37. The Bertz CT molecular complexity index is 1010. The van der Waals surface area contributed by atoms with Gasteiger partial charge in [0.25, 0.3) is 5.91 Å². The van der Waals surface area contributed by atoms with Gasteiger partial charge in [-0.05, 0) is 50.6 Å². The summed E-state index contributed by atoms with van der Waals surface area (Å²) in [4.78, 5) is 38.7. The van der Waals surface area contributed by atoms with Crippen LogP contribution in [0.15, 0.2) is 23.2 Å². The summed E-state index contributed by atoms with van der Waals surface area (Å²) in [6.45, 7) is 6.65. The van der Waals surface area contributed by atoms with Gasteiger partial charge in [0.1, 0.15) is 12.2 Å². The monoisotopic (exact) mass is 439 g/mol. The van der Waals surface area contributed by atoms with Crippen molar-refractivity contribution < 1.29 is 18.9 Å². The fourth-order valence-electron chi connectivity index (χ4n) is 5.13. The van der Waals surface area contributed by atoms with Gasteiger partial charge in [0, 0.05) is 20.1 Å². The summed E-state index contributed by atoms with van der Waals surface area (Å²) in [5.41, 5.74) is 2.05. The molecule has 0 saturated carbocycles. The van der Waals surface area contributed by atoms with Gasteiger partial charge in [0.05, 0.1) is 13.7 Å². The predicted octanol–water partition coefficient (Wildman–Crippen LogP) is 1.35. The van der Waals surface area contributed by atoms with E-state index in [1.165, 1.54) is 24.2 Å². The van der Waals surface area contributed by atoms with E-state index in [9.17, 15) is 9.59 Å². The van der Waals surface area contributed by atoms with Crippen LogP contribution in [0.25, 0.3) is 0 Å². The van der Waals surface area contributed by atoms with Gasteiger partial charge in [0.15, 0.2) is 5.75 Å². The van der Waals surface area contributed by atoms with E-state index in [2.05, 4.69) is 15.9 Å². The fourth-order valence-corrected chi connectivity index (χ4v) is 5.13. The normalized spacial score (nSPS) is 23.7. The number of ether oxygens (including phenoxy) is 1. The molecule has 4 aliphatic rings. The first-order valence-corrected chi connectivity index (χ1v) is 11.5. The largest absolute Gasteiger partial charge is 0.493 e. The molecule has 0 spiro atoms. The Kier molecular flexibility index (Phi) is 5.36. The zero-order chi connectivity index (χ0) is 22.4. The molecular weight excluding hydrogens is 408 g/mol. The number of imide groups is 1. The van der Waals surface area contributed by atoms with E-state index in [1.54, 1.807) is 19.1 Å². The maximum atomic E-state index is 13.5. The number of hydrogen-bond acceptors (Lipinski definition) is 6. The number of amidine groups is 1. The van der Waals surface area contributed by atoms with Crippen LogP contribution in [-0.4, -0.2) is 102 Å². The van der Waals surface area contributed by atoms with Crippen LogP contribution in [0, 0.1) is 6.92 Å². The highest BCUT2D eigenvalue weighted by molar-refractivity contribution is 6.24. The number of carbonyl (C=O) groups is 2. The summed E-state index contributed by atoms with van der Waals surface area (Å²) in [6, 6.07) is 5.20. The summed E-state index contributed by atoms with van der Waals surface area (Å²) in [5.74, 6) is 1.82. The third kappa shape index (κ3) is 3.35.